The third-order valence-electron chi connectivity index (χ3n) is 4.94. The number of sulfonamides is 1. The van der Waals surface area contributed by atoms with Crippen molar-refractivity contribution < 1.29 is 13.2 Å². The van der Waals surface area contributed by atoms with E-state index >= 15 is 0 Å². The number of aryl methyl sites for hydroxylation is 1. The molecule has 1 unspecified atom stereocenters. The van der Waals surface area contributed by atoms with Gasteiger partial charge in [0.25, 0.3) is 0 Å². The number of nitrogens with zero attached hydrogens (tertiary/aromatic N) is 3. The second kappa shape index (κ2) is 7.32. The molecule has 0 bridgehead atoms. The highest BCUT2D eigenvalue weighted by molar-refractivity contribution is 7.89. The van der Waals surface area contributed by atoms with Gasteiger partial charge in [0.15, 0.2) is 0 Å². The first-order chi connectivity index (χ1) is 11.1. The van der Waals surface area contributed by atoms with Crippen LogP contribution in [0.5, 0.6) is 0 Å². The van der Waals surface area contributed by atoms with Crippen molar-refractivity contribution in [3.8, 4) is 0 Å². The monoisotopic (exact) mass is 341 g/mol. The van der Waals surface area contributed by atoms with Gasteiger partial charge in [-0.2, -0.15) is 9.40 Å². The first-order valence-electron chi connectivity index (χ1n) is 8.70. The molecule has 0 amide bonds. The number of hydrogen-bond donors (Lipinski definition) is 0. The lowest BCUT2D eigenvalue weighted by molar-refractivity contribution is -0.00272. The Bertz CT molecular complexity index is 608. The molecule has 7 heteroatoms. The van der Waals surface area contributed by atoms with Gasteiger partial charge in [-0.15, -0.1) is 0 Å². The Labute approximate surface area is 138 Å². The minimum atomic E-state index is -3.20. The Balaban J connectivity index is 1.64. The third-order valence-corrected chi connectivity index (χ3v) is 6.95. The Morgan fingerprint density at radius 3 is 2.78 bits per heavy atom. The predicted molar refractivity (Wildman–Crippen MR) is 88.5 cm³/mol. The molecule has 1 aromatic rings. The quantitative estimate of drug-likeness (QED) is 0.823. The van der Waals surface area contributed by atoms with Crippen LogP contribution in [0.1, 0.15) is 50.7 Å². The summed E-state index contributed by atoms with van der Waals surface area (Å²) in [7, 11) is -3.20. The lowest BCUT2D eigenvalue weighted by Gasteiger charge is -2.33. The molecule has 1 aliphatic heterocycles. The summed E-state index contributed by atoms with van der Waals surface area (Å²) in [6.45, 7) is 4.15. The summed E-state index contributed by atoms with van der Waals surface area (Å²) in [5.41, 5.74) is 0.962. The molecule has 3 rings (SSSR count). The van der Waals surface area contributed by atoms with Gasteiger partial charge < -0.3 is 4.74 Å². The highest BCUT2D eigenvalue weighted by atomic mass is 32.2. The molecule has 1 aliphatic carbocycles. The van der Waals surface area contributed by atoms with Crippen LogP contribution in [0.25, 0.3) is 0 Å². The summed E-state index contributed by atoms with van der Waals surface area (Å²) >= 11 is 0. The largest absolute Gasteiger partial charge is 0.371 e. The zero-order valence-corrected chi connectivity index (χ0v) is 14.7. The maximum absolute atomic E-state index is 12.7. The fourth-order valence-corrected chi connectivity index (χ4v) is 5.41. The molecule has 23 heavy (non-hydrogen) atoms. The van der Waals surface area contributed by atoms with Crippen molar-refractivity contribution in [1.29, 1.82) is 0 Å². The Hall–Kier alpha value is -0.920. The van der Waals surface area contributed by atoms with E-state index in [4.69, 9.17) is 4.74 Å². The van der Waals surface area contributed by atoms with E-state index in [9.17, 15) is 8.42 Å². The molecule has 1 saturated carbocycles. The van der Waals surface area contributed by atoms with Crippen LogP contribution in [-0.4, -0.2) is 48.0 Å². The summed E-state index contributed by atoms with van der Waals surface area (Å²) in [5, 5.41) is 4.26. The zero-order valence-electron chi connectivity index (χ0n) is 13.9. The van der Waals surface area contributed by atoms with Crippen LogP contribution >= 0.6 is 0 Å². The highest BCUT2D eigenvalue weighted by Gasteiger charge is 2.32. The molecule has 1 atom stereocenters. The smallest absolute Gasteiger partial charge is 0.214 e. The first-order valence-corrected chi connectivity index (χ1v) is 10.3. The number of rotatable bonds is 5. The average Bonchev–Trinajstić information content (AvgIpc) is 3.05. The summed E-state index contributed by atoms with van der Waals surface area (Å²) in [6.07, 6.45) is 9.21. The molecule has 0 radical (unpaired) electrons. The highest BCUT2D eigenvalue weighted by Crippen LogP contribution is 2.28. The SMILES string of the molecule is CCn1cc(C2CN(S(=O)(=O)CC3CCCCC3)CCO2)cn1. The van der Waals surface area contributed by atoms with Crippen molar-refractivity contribution in [3.63, 3.8) is 0 Å². The van der Waals surface area contributed by atoms with Crippen molar-refractivity contribution in [2.45, 2.75) is 51.7 Å². The van der Waals surface area contributed by atoms with E-state index in [0.717, 1.165) is 24.9 Å². The fraction of sp³-hybridized carbons (Fsp3) is 0.812. The molecule has 2 aliphatic rings. The molecule has 2 heterocycles. The average molecular weight is 341 g/mol. The van der Waals surface area contributed by atoms with Gasteiger partial charge in [-0.25, -0.2) is 8.42 Å². The van der Waals surface area contributed by atoms with Gasteiger partial charge in [0.05, 0.1) is 24.7 Å². The van der Waals surface area contributed by atoms with Gasteiger partial charge in [0.1, 0.15) is 0 Å². The summed E-state index contributed by atoms with van der Waals surface area (Å²) in [4.78, 5) is 0. The van der Waals surface area contributed by atoms with Crippen LogP contribution in [0.4, 0.5) is 0 Å². The summed E-state index contributed by atoms with van der Waals surface area (Å²) < 4.78 is 34.7. The van der Waals surface area contributed by atoms with Crippen molar-refractivity contribution in [3.05, 3.63) is 18.0 Å². The lowest BCUT2D eigenvalue weighted by atomic mass is 9.91. The number of ether oxygens (including phenoxy) is 1. The number of aromatic nitrogens is 2. The van der Waals surface area contributed by atoms with Crippen LogP contribution in [0, 0.1) is 5.92 Å². The molecular formula is C16H27N3O3S. The maximum Gasteiger partial charge on any atom is 0.214 e. The fourth-order valence-electron chi connectivity index (χ4n) is 3.56. The minimum Gasteiger partial charge on any atom is -0.371 e. The van der Waals surface area contributed by atoms with Gasteiger partial charge in [0.2, 0.25) is 10.0 Å². The minimum absolute atomic E-state index is 0.204. The molecule has 2 fully saturated rings. The van der Waals surface area contributed by atoms with Crippen LogP contribution in [0.15, 0.2) is 12.4 Å². The molecule has 0 aromatic carbocycles. The molecular weight excluding hydrogens is 314 g/mol. The van der Waals surface area contributed by atoms with Gasteiger partial charge in [0, 0.05) is 31.4 Å². The van der Waals surface area contributed by atoms with Gasteiger partial charge in [-0.3, -0.25) is 4.68 Å². The van der Waals surface area contributed by atoms with E-state index in [2.05, 4.69) is 5.10 Å². The standard InChI is InChI=1S/C16H27N3O3S/c1-2-18-11-15(10-17-18)16-12-19(8-9-22-16)23(20,21)13-14-6-4-3-5-7-14/h10-11,14,16H,2-9,12-13H2,1H3. The molecule has 130 valence electrons. The van der Waals surface area contributed by atoms with E-state index in [1.807, 2.05) is 17.8 Å². The van der Waals surface area contributed by atoms with Crippen LogP contribution in [0.3, 0.4) is 0 Å². The maximum atomic E-state index is 12.7. The van der Waals surface area contributed by atoms with E-state index in [1.165, 1.54) is 19.3 Å². The van der Waals surface area contributed by atoms with Crippen molar-refractivity contribution >= 4 is 10.0 Å². The van der Waals surface area contributed by atoms with Gasteiger partial charge >= 0.3 is 0 Å². The topological polar surface area (TPSA) is 64.4 Å². The van der Waals surface area contributed by atoms with Crippen molar-refractivity contribution in [1.82, 2.24) is 14.1 Å². The van der Waals surface area contributed by atoms with Crippen LogP contribution < -0.4 is 0 Å². The molecule has 1 saturated heterocycles. The lowest BCUT2D eigenvalue weighted by Crippen LogP contribution is -2.44. The Kier molecular flexibility index (Phi) is 5.38. The van der Waals surface area contributed by atoms with E-state index < -0.39 is 10.0 Å². The third kappa shape index (κ3) is 4.14. The van der Waals surface area contributed by atoms with Gasteiger partial charge in [-0.05, 0) is 25.7 Å². The first kappa shape index (κ1) is 16.9. The zero-order chi connectivity index (χ0) is 16.3. The van der Waals surface area contributed by atoms with E-state index in [-0.39, 0.29) is 6.10 Å². The Morgan fingerprint density at radius 1 is 1.30 bits per heavy atom. The number of hydrogen-bond acceptors (Lipinski definition) is 4. The van der Waals surface area contributed by atoms with Crippen LogP contribution in [-0.2, 0) is 21.3 Å². The molecule has 0 spiro atoms. The van der Waals surface area contributed by atoms with Crippen molar-refractivity contribution in [2.75, 3.05) is 25.4 Å². The molecule has 1 aromatic heterocycles. The normalized spacial score (nSPS) is 24.8. The van der Waals surface area contributed by atoms with E-state index in [1.54, 1.807) is 10.5 Å². The predicted octanol–water partition coefficient (Wildman–Crippen LogP) is 2.19. The second-order valence-electron chi connectivity index (χ2n) is 6.63. The van der Waals surface area contributed by atoms with Crippen molar-refractivity contribution in [2.24, 2.45) is 5.92 Å². The van der Waals surface area contributed by atoms with Gasteiger partial charge in [-0.1, -0.05) is 19.3 Å². The molecule has 0 N–H and O–H groups in total. The summed E-state index contributed by atoms with van der Waals surface area (Å²) in [5.74, 6) is 0.631. The molecule has 6 nitrogen and oxygen atoms in total. The Morgan fingerprint density at radius 2 is 2.09 bits per heavy atom. The number of morpholine rings is 1. The van der Waals surface area contributed by atoms with E-state index in [0.29, 0.717) is 31.4 Å². The summed E-state index contributed by atoms with van der Waals surface area (Å²) in [6, 6.07) is 0. The van der Waals surface area contributed by atoms with Crippen LogP contribution in [0.2, 0.25) is 0 Å². The second-order valence-corrected chi connectivity index (χ2v) is 8.64.